The maximum absolute atomic E-state index is 4.23. The second-order valence-corrected chi connectivity index (χ2v) is 8.78. The van der Waals surface area contributed by atoms with Crippen molar-refractivity contribution in [3.05, 3.63) is 99.3 Å². The standard InChI is InChI=1S/C26H25IN2/c1-17-4-5-22(14-18(17)2)21-8-6-20(7-9-21)19(3)28-13-12-23-16-29-26-11-10-24(27)15-25(23)26/h4-11,14-16,28-29H,3,12-13H2,1-2H3. The van der Waals surface area contributed by atoms with E-state index in [9.17, 15) is 0 Å². The van der Waals surface area contributed by atoms with E-state index in [4.69, 9.17) is 0 Å². The summed E-state index contributed by atoms with van der Waals surface area (Å²) in [7, 11) is 0. The first-order valence-electron chi connectivity index (χ1n) is 9.87. The highest BCUT2D eigenvalue weighted by Gasteiger charge is 2.06. The molecule has 146 valence electrons. The highest BCUT2D eigenvalue weighted by molar-refractivity contribution is 14.1. The molecule has 0 spiro atoms. The fraction of sp³-hybridized carbons (Fsp3) is 0.154. The van der Waals surface area contributed by atoms with Crippen molar-refractivity contribution in [3.63, 3.8) is 0 Å². The maximum Gasteiger partial charge on any atom is 0.0457 e. The zero-order chi connectivity index (χ0) is 20.4. The van der Waals surface area contributed by atoms with Gasteiger partial charge in [-0.05, 0) is 94.4 Å². The Morgan fingerprint density at radius 1 is 0.931 bits per heavy atom. The SMILES string of the molecule is C=C(NCCc1c[nH]c2ccc(I)cc12)c1ccc(-c2ccc(C)c(C)c2)cc1. The average molecular weight is 492 g/mol. The van der Waals surface area contributed by atoms with Gasteiger partial charge >= 0.3 is 0 Å². The molecule has 4 rings (SSSR count). The predicted molar refractivity (Wildman–Crippen MR) is 133 cm³/mol. The van der Waals surface area contributed by atoms with Crippen molar-refractivity contribution in [3.8, 4) is 11.1 Å². The molecule has 0 aliphatic carbocycles. The van der Waals surface area contributed by atoms with Gasteiger partial charge in [0.05, 0.1) is 0 Å². The van der Waals surface area contributed by atoms with Crippen molar-refractivity contribution in [2.24, 2.45) is 0 Å². The van der Waals surface area contributed by atoms with Crippen LogP contribution in [0.2, 0.25) is 0 Å². The monoisotopic (exact) mass is 492 g/mol. The van der Waals surface area contributed by atoms with Gasteiger partial charge in [-0.25, -0.2) is 0 Å². The highest BCUT2D eigenvalue weighted by atomic mass is 127. The zero-order valence-corrected chi connectivity index (χ0v) is 19.0. The summed E-state index contributed by atoms with van der Waals surface area (Å²) in [6, 6.07) is 21.8. The topological polar surface area (TPSA) is 27.8 Å². The highest BCUT2D eigenvalue weighted by Crippen LogP contribution is 2.24. The van der Waals surface area contributed by atoms with Crippen LogP contribution in [0.15, 0.2) is 73.4 Å². The number of halogens is 1. The molecule has 0 bridgehead atoms. The lowest BCUT2D eigenvalue weighted by atomic mass is 9.99. The second kappa shape index (κ2) is 8.46. The molecule has 0 saturated carbocycles. The summed E-state index contributed by atoms with van der Waals surface area (Å²) < 4.78 is 1.26. The van der Waals surface area contributed by atoms with Gasteiger partial charge in [-0.2, -0.15) is 0 Å². The quantitative estimate of drug-likeness (QED) is 0.283. The number of benzene rings is 3. The van der Waals surface area contributed by atoms with Crippen molar-refractivity contribution in [2.75, 3.05) is 6.54 Å². The van der Waals surface area contributed by atoms with Gasteiger partial charge in [0, 0.05) is 32.9 Å². The number of aryl methyl sites for hydroxylation is 2. The Balaban J connectivity index is 1.39. The summed E-state index contributed by atoms with van der Waals surface area (Å²) in [5, 5.41) is 4.79. The van der Waals surface area contributed by atoms with E-state index in [0.717, 1.165) is 24.2 Å². The number of rotatable bonds is 6. The molecular formula is C26H25IN2. The Bertz CT molecular complexity index is 1170. The van der Waals surface area contributed by atoms with E-state index in [1.807, 2.05) is 0 Å². The van der Waals surface area contributed by atoms with Crippen LogP contribution in [-0.4, -0.2) is 11.5 Å². The van der Waals surface area contributed by atoms with Gasteiger partial charge in [-0.15, -0.1) is 0 Å². The van der Waals surface area contributed by atoms with E-state index >= 15 is 0 Å². The third kappa shape index (κ3) is 4.40. The molecule has 2 nitrogen and oxygen atoms in total. The fourth-order valence-corrected chi connectivity index (χ4v) is 4.08. The minimum atomic E-state index is 0.857. The number of aromatic amines is 1. The maximum atomic E-state index is 4.23. The molecule has 0 aliphatic rings. The van der Waals surface area contributed by atoms with Gasteiger partial charge in [-0.1, -0.05) is 49.0 Å². The Morgan fingerprint density at radius 3 is 2.45 bits per heavy atom. The summed E-state index contributed by atoms with van der Waals surface area (Å²) in [5.41, 5.74) is 9.77. The van der Waals surface area contributed by atoms with Crippen LogP contribution in [-0.2, 0) is 6.42 Å². The minimum Gasteiger partial charge on any atom is -0.385 e. The number of H-pyrrole nitrogens is 1. The average Bonchev–Trinajstić information content (AvgIpc) is 3.12. The number of fused-ring (bicyclic) bond motifs is 1. The second-order valence-electron chi connectivity index (χ2n) is 7.54. The lowest BCUT2D eigenvalue weighted by molar-refractivity contribution is 0.853. The van der Waals surface area contributed by atoms with Crippen LogP contribution in [0.3, 0.4) is 0 Å². The van der Waals surface area contributed by atoms with Crippen molar-refractivity contribution < 1.29 is 0 Å². The van der Waals surface area contributed by atoms with Gasteiger partial charge < -0.3 is 10.3 Å². The molecule has 0 amide bonds. The molecule has 3 heteroatoms. The van der Waals surface area contributed by atoms with E-state index < -0.39 is 0 Å². The molecule has 3 aromatic carbocycles. The lowest BCUT2D eigenvalue weighted by Gasteiger charge is -2.11. The summed E-state index contributed by atoms with van der Waals surface area (Å²) in [4.78, 5) is 3.36. The first kappa shape index (κ1) is 19.8. The Hall–Kier alpha value is -2.53. The summed E-state index contributed by atoms with van der Waals surface area (Å²) in [5.74, 6) is 0. The third-order valence-corrected chi connectivity index (χ3v) is 6.21. The summed E-state index contributed by atoms with van der Waals surface area (Å²) >= 11 is 2.36. The molecule has 2 N–H and O–H groups in total. The molecule has 0 radical (unpaired) electrons. The fourth-order valence-electron chi connectivity index (χ4n) is 3.59. The lowest BCUT2D eigenvalue weighted by Crippen LogP contribution is -2.14. The molecule has 0 atom stereocenters. The van der Waals surface area contributed by atoms with Crippen LogP contribution in [0.1, 0.15) is 22.3 Å². The first-order chi connectivity index (χ1) is 14.0. The predicted octanol–water partition coefficient (Wildman–Crippen LogP) is 6.86. The molecule has 0 aliphatic heterocycles. The number of nitrogens with one attached hydrogen (secondary N) is 2. The summed E-state index contributed by atoms with van der Waals surface area (Å²) in [6.07, 6.45) is 3.07. The Labute approximate surface area is 186 Å². The van der Waals surface area contributed by atoms with E-state index in [1.165, 1.54) is 42.3 Å². The molecule has 29 heavy (non-hydrogen) atoms. The number of hydrogen-bond acceptors (Lipinski definition) is 1. The van der Waals surface area contributed by atoms with Crippen LogP contribution >= 0.6 is 22.6 Å². The van der Waals surface area contributed by atoms with Crippen LogP contribution in [0.5, 0.6) is 0 Å². The first-order valence-corrected chi connectivity index (χ1v) is 11.0. The number of aromatic nitrogens is 1. The van der Waals surface area contributed by atoms with Crippen molar-refractivity contribution >= 4 is 39.2 Å². The van der Waals surface area contributed by atoms with Crippen molar-refractivity contribution in [1.82, 2.24) is 10.3 Å². The molecule has 0 fully saturated rings. The molecule has 0 unspecified atom stereocenters. The summed E-state index contributed by atoms with van der Waals surface area (Å²) in [6.45, 7) is 9.39. The van der Waals surface area contributed by atoms with Crippen LogP contribution in [0.25, 0.3) is 27.7 Å². The normalized spacial score (nSPS) is 11.0. The Morgan fingerprint density at radius 2 is 1.69 bits per heavy atom. The van der Waals surface area contributed by atoms with Crippen molar-refractivity contribution in [1.29, 1.82) is 0 Å². The van der Waals surface area contributed by atoms with E-state index in [-0.39, 0.29) is 0 Å². The minimum absolute atomic E-state index is 0.857. The number of hydrogen-bond donors (Lipinski definition) is 2. The van der Waals surface area contributed by atoms with Crippen molar-refractivity contribution in [2.45, 2.75) is 20.3 Å². The molecule has 0 saturated heterocycles. The van der Waals surface area contributed by atoms with E-state index in [0.29, 0.717) is 0 Å². The van der Waals surface area contributed by atoms with Gasteiger partial charge in [0.2, 0.25) is 0 Å². The largest absolute Gasteiger partial charge is 0.385 e. The van der Waals surface area contributed by atoms with Crippen LogP contribution in [0, 0.1) is 17.4 Å². The molecule has 1 aromatic heterocycles. The van der Waals surface area contributed by atoms with Gasteiger partial charge in [0.15, 0.2) is 0 Å². The van der Waals surface area contributed by atoms with Gasteiger partial charge in [-0.3, -0.25) is 0 Å². The van der Waals surface area contributed by atoms with Gasteiger partial charge in [0.1, 0.15) is 0 Å². The molecular weight excluding hydrogens is 467 g/mol. The van der Waals surface area contributed by atoms with Crippen LogP contribution < -0.4 is 5.32 Å². The molecule has 4 aromatic rings. The third-order valence-electron chi connectivity index (χ3n) is 5.54. The zero-order valence-electron chi connectivity index (χ0n) is 16.9. The van der Waals surface area contributed by atoms with E-state index in [1.54, 1.807) is 0 Å². The molecule has 1 heterocycles. The van der Waals surface area contributed by atoms with Crippen LogP contribution in [0.4, 0.5) is 0 Å². The van der Waals surface area contributed by atoms with Gasteiger partial charge in [0.25, 0.3) is 0 Å². The van der Waals surface area contributed by atoms with E-state index in [2.05, 4.69) is 120 Å². The smallest absolute Gasteiger partial charge is 0.0457 e. The Kier molecular flexibility index (Phi) is 5.76.